The summed E-state index contributed by atoms with van der Waals surface area (Å²) in [5.41, 5.74) is 1.36. The van der Waals surface area contributed by atoms with Gasteiger partial charge in [-0.25, -0.2) is 0 Å². The van der Waals surface area contributed by atoms with E-state index >= 15 is 0 Å². The van der Waals surface area contributed by atoms with Crippen molar-refractivity contribution >= 4 is 0 Å². The number of rotatable bonds is 7. The molecule has 0 aliphatic carbocycles. The molecule has 1 aliphatic rings. The van der Waals surface area contributed by atoms with Gasteiger partial charge in [-0.2, -0.15) is 0 Å². The number of likely N-dealkylation sites (tertiary alicyclic amines) is 1. The Bertz CT molecular complexity index is 391. The van der Waals surface area contributed by atoms with E-state index in [1.54, 1.807) is 7.11 Å². The quantitative estimate of drug-likeness (QED) is 0.827. The fourth-order valence-electron chi connectivity index (χ4n) is 2.60. The van der Waals surface area contributed by atoms with Crippen molar-refractivity contribution in [3.63, 3.8) is 0 Å². The van der Waals surface area contributed by atoms with Crippen molar-refractivity contribution < 1.29 is 4.74 Å². The first-order chi connectivity index (χ1) is 9.59. The summed E-state index contributed by atoms with van der Waals surface area (Å²) >= 11 is 0. The summed E-state index contributed by atoms with van der Waals surface area (Å²) in [5.74, 6) is 0. The molecule has 1 aliphatic heterocycles. The average molecular weight is 276 g/mol. The monoisotopic (exact) mass is 276 g/mol. The molecule has 0 spiro atoms. The van der Waals surface area contributed by atoms with Gasteiger partial charge in [-0.1, -0.05) is 30.3 Å². The summed E-state index contributed by atoms with van der Waals surface area (Å²) in [4.78, 5) is 2.56. The normalized spacial score (nSPS) is 20.4. The Labute approximate surface area is 123 Å². The second-order valence-electron chi connectivity index (χ2n) is 6.37. The van der Waals surface area contributed by atoms with E-state index < -0.39 is 0 Å². The molecule has 1 unspecified atom stereocenters. The highest BCUT2D eigenvalue weighted by molar-refractivity contribution is 5.14. The van der Waals surface area contributed by atoms with Crippen molar-refractivity contribution in [3.05, 3.63) is 35.9 Å². The van der Waals surface area contributed by atoms with Crippen LogP contribution in [-0.4, -0.2) is 49.8 Å². The van der Waals surface area contributed by atoms with Crippen LogP contribution >= 0.6 is 0 Å². The number of ether oxygens (including phenoxy) is 1. The zero-order valence-corrected chi connectivity index (χ0v) is 13.1. The molecule has 1 fully saturated rings. The van der Waals surface area contributed by atoms with Gasteiger partial charge in [-0.15, -0.1) is 0 Å². The molecular weight excluding hydrogens is 248 g/mol. The highest BCUT2D eigenvalue weighted by Gasteiger charge is 2.24. The lowest BCUT2D eigenvalue weighted by Crippen LogP contribution is -2.43. The van der Waals surface area contributed by atoms with E-state index in [0.717, 1.165) is 26.1 Å². The third-order valence-electron chi connectivity index (χ3n) is 4.20. The summed E-state index contributed by atoms with van der Waals surface area (Å²) in [5, 5.41) is 3.63. The summed E-state index contributed by atoms with van der Waals surface area (Å²) in [6.45, 7) is 8.70. The first kappa shape index (κ1) is 15.5. The predicted octanol–water partition coefficient (Wildman–Crippen LogP) is 2.32. The summed E-state index contributed by atoms with van der Waals surface area (Å²) in [7, 11) is 1.78. The number of hydrogen-bond acceptors (Lipinski definition) is 3. The van der Waals surface area contributed by atoms with Crippen molar-refractivity contribution in [2.75, 3.05) is 33.3 Å². The third-order valence-corrected chi connectivity index (χ3v) is 4.20. The minimum absolute atomic E-state index is 0.0720. The van der Waals surface area contributed by atoms with Crippen LogP contribution in [-0.2, 0) is 11.2 Å². The van der Waals surface area contributed by atoms with E-state index in [1.807, 2.05) is 0 Å². The third kappa shape index (κ3) is 4.89. The van der Waals surface area contributed by atoms with Gasteiger partial charge in [0, 0.05) is 32.8 Å². The molecule has 0 radical (unpaired) electrons. The zero-order valence-electron chi connectivity index (χ0n) is 13.1. The van der Waals surface area contributed by atoms with E-state index in [0.29, 0.717) is 6.04 Å². The molecule has 0 bridgehead atoms. The van der Waals surface area contributed by atoms with Gasteiger partial charge in [0.25, 0.3) is 0 Å². The van der Waals surface area contributed by atoms with Gasteiger partial charge in [-0.3, -0.25) is 0 Å². The minimum Gasteiger partial charge on any atom is -0.377 e. The molecule has 1 aromatic carbocycles. The summed E-state index contributed by atoms with van der Waals surface area (Å²) < 4.78 is 5.45. The lowest BCUT2D eigenvalue weighted by molar-refractivity contribution is 0.0213. The van der Waals surface area contributed by atoms with Crippen LogP contribution in [0, 0.1) is 0 Å². The average Bonchev–Trinajstić information content (AvgIpc) is 2.92. The van der Waals surface area contributed by atoms with Crippen LogP contribution < -0.4 is 5.32 Å². The summed E-state index contributed by atoms with van der Waals surface area (Å²) in [6.07, 6.45) is 2.39. The molecule has 112 valence electrons. The van der Waals surface area contributed by atoms with E-state index in [9.17, 15) is 0 Å². The van der Waals surface area contributed by atoms with Gasteiger partial charge < -0.3 is 15.0 Å². The highest BCUT2D eigenvalue weighted by atomic mass is 16.5. The van der Waals surface area contributed by atoms with Gasteiger partial charge in [0.05, 0.1) is 5.60 Å². The maximum Gasteiger partial charge on any atom is 0.0746 e. The molecule has 0 aromatic heterocycles. The van der Waals surface area contributed by atoms with Crippen LogP contribution in [0.5, 0.6) is 0 Å². The van der Waals surface area contributed by atoms with Crippen LogP contribution in [0.15, 0.2) is 30.3 Å². The number of hydrogen-bond donors (Lipinski definition) is 1. The predicted molar refractivity (Wildman–Crippen MR) is 84.1 cm³/mol. The standard InChI is InChI=1S/C17H28N2O/c1-17(2,20-3)14-18-16-10-12-19(13-16)11-9-15-7-5-4-6-8-15/h4-8,16,18H,9-14H2,1-3H3. The highest BCUT2D eigenvalue weighted by Crippen LogP contribution is 2.12. The van der Waals surface area contributed by atoms with Gasteiger partial charge in [0.1, 0.15) is 0 Å². The number of benzene rings is 1. The molecular formula is C17H28N2O. The van der Waals surface area contributed by atoms with Crippen LogP contribution in [0.25, 0.3) is 0 Å². The first-order valence-corrected chi connectivity index (χ1v) is 7.64. The van der Waals surface area contributed by atoms with Crippen LogP contribution in [0.1, 0.15) is 25.8 Å². The Morgan fingerprint density at radius 3 is 2.75 bits per heavy atom. The molecule has 3 nitrogen and oxygen atoms in total. The zero-order chi connectivity index (χ0) is 14.4. The van der Waals surface area contributed by atoms with Crippen molar-refractivity contribution in [1.29, 1.82) is 0 Å². The first-order valence-electron chi connectivity index (χ1n) is 7.64. The molecule has 1 aromatic rings. The van der Waals surface area contributed by atoms with E-state index in [1.165, 1.54) is 18.5 Å². The Morgan fingerprint density at radius 2 is 2.05 bits per heavy atom. The fraction of sp³-hybridized carbons (Fsp3) is 0.647. The van der Waals surface area contributed by atoms with E-state index in [-0.39, 0.29) is 5.60 Å². The van der Waals surface area contributed by atoms with E-state index in [4.69, 9.17) is 4.74 Å². The van der Waals surface area contributed by atoms with Crippen LogP contribution in [0.4, 0.5) is 0 Å². The van der Waals surface area contributed by atoms with Crippen molar-refractivity contribution in [2.24, 2.45) is 0 Å². The molecule has 1 atom stereocenters. The number of nitrogens with one attached hydrogen (secondary N) is 1. The van der Waals surface area contributed by atoms with Crippen molar-refractivity contribution in [2.45, 2.75) is 38.3 Å². The topological polar surface area (TPSA) is 24.5 Å². The maximum atomic E-state index is 5.45. The second kappa shape index (κ2) is 7.21. The molecule has 1 N–H and O–H groups in total. The van der Waals surface area contributed by atoms with Gasteiger partial charge >= 0.3 is 0 Å². The Hall–Kier alpha value is -0.900. The fourth-order valence-corrected chi connectivity index (χ4v) is 2.60. The van der Waals surface area contributed by atoms with Gasteiger partial charge in [-0.05, 0) is 38.8 Å². The van der Waals surface area contributed by atoms with E-state index in [2.05, 4.69) is 54.4 Å². The molecule has 3 heteroatoms. The number of nitrogens with zero attached hydrogens (tertiary/aromatic N) is 1. The Morgan fingerprint density at radius 1 is 1.30 bits per heavy atom. The van der Waals surface area contributed by atoms with Gasteiger partial charge in [0.15, 0.2) is 0 Å². The molecule has 1 heterocycles. The molecule has 20 heavy (non-hydrogen) atoms. The Balaban J connectivity index is 1.68. The van der Waals surface area contributed by atoms with Crippen LogP contribution in [0.3, 0.4) is 0 Å². The SMILES string of the molecule is COC(C)(C)CNC1CCN(CCc2ccccc2)C1. The molecule has 0 saturated carbocycles. The number of methoxy groups -OCH3 is 1. The van der Waals surface area contributed by atoms with Gasteiger partial charge in [0.2, 0.25) is 0 Å². The largest absolute Gasteiger partial charge is 0.377 e. The molecule has 0 amide bonds. The Kier molecular flexibility index (Phi) is 5.58. The minimum atomic E-state index is -0.0720. The maximum absolute atomic E-state index is 5.45. The lowest BCUT2D eigenvalue weighted by atomic mass is 10.1. The van der Waals surface area contributed by atoms with Crippen LogP contribution in [0.2, 0.25) is 0 Å². The molecule has 2 rings (SSSR count). The van der Waals surface area contributed by atoms with Crippen molar-refractivity contribution in [3.8, 4) is 0 Å². The summed E-state index contributed by atoms with van der Waals surface area (Å²) in [6, 6.07) is 11.4. The smallest absolute Gasteiger partial charge is 0.0746 e. The van der Waals surface area contributed by atoms with Crippen molar-refractivity contribution in [1.82, 2.24) is 10.2 Å². The second-order valence-corrected chi connectivity index (χ2v) is 6.37. The lowest BCUT2D eigenvalue weighted by Gasteiger charge is -2.25. The molecule has 1 saturated heterocycles.